The van der Waals surface area contributed by atoms with E-state index in [1.165, 1.54) is 23.5 Å². The lowest BCUT2D eigenvalue weighted by Gasteiger charge is -2.21. The summed E-state index contributed by atoms with van der Waals surface area (Å²) in [4.78, 5) is 11.0. The summed E-state index contributed by atoms with van der Waals surface area (Å²) >= 11 is 1.25. The fraction of sp³-hybridized carbons (Fsp3) is 0.304. The minimum absolute atomic E-state index is 0.188. The first-order valence-corrected chi connectivity index (χ1v) is 13.8. The van der Waals surface area contributed by atoms with Crippen LogP contribution in [0.2, 0.25) is 0 Å². The first kappa shape index (κ1) is 24.1. The van der Waals surface area contributed by atoms with E-state index in [9.17, 15) is 12.8 Å². The van der Waals surface area contributed by atoms with E-state index in [-0.39, 0.29) is 16.9 Å². The number of aromatic nitrogens is 5. The molecule has 3 aromatic heterocycles. The van der Waals surface area contributed by atoms with Gasteiger partial charge in [-0.15, -0.1) is 5.10 Å². The summed E-state index contributed by atoms with van der Waals surface area (Å²) in [6.45, 7) is 6.51. The lowest BCUT2D eigenvalue weighted by molar-refractivity contribution is 0.256. The summed E-state index contributed by atoms with van der Waals surface area (Å²) in [7, 11) is -3.64. The number of sulfone groups is 1. The number of hydrogen-bond donors (Lipinski definition) is 0. The van der Waals surface area contributed by atoms with Crippen molar-refractivity contribution in [2.75, 3.05) is 17.7 Å². The zero-order valence-corrected chi connectivity index (χ0v) is 21.5. The van der Waals surface area contributed by atoms with Gasteiger partial charge in [0.15, 0.2) is 15.7 Å². The number of hydrogen-bond acceptors (Lipinski definition) is 10. The van der Waals surface area contributed by atoms with Gasteiger partial charge < -0.3 is 9.26 Å². The Morgan fingerprint density at radius 1 is 1.22 bits per heavy atom. The average molecular weight is 531 g/mol. The van der Waals surface area contributed by atoms with Crippen LogP contribution >= 0.6 is 11.3 Å². The normalized spacial score (nSPS) is 15.1. The van der Waals surface area contributed by atoms with Crippen molar-refractivity contribution in [3.63, 3.8) is 0 Å². The molecule has 1 aliphatic heterocycles. The Hall–Kier alpha value is -3.58. The van der Waals surface area contributed by atoms with E-state index >= 15 is 0 Å². The topological polar surface area (TPSA) is 116 Å². The van der Waals surface area contributed by atoms with Crippen LogP contribution in [0.1, 0.15) is 32.5 Å². The van der Waals surface area contributed by atoms with Crippen molar-refractivity contribution in [1.29, 1.82) is 0 Å². The van der Waals surface area contributed by atoms with Crippen LogP contribution in [0.5, 0.6) is 5.19 Å². The van der Waals surface area contributed by atoms with E-state index in [0.717, 1.165) is 17.9 Å². The number of halogens is 1. The standard InChI is InChI=1S/C23H23FN6O4S2/c1-13(2)20-26-21(34-28-20)29-9-7-15(8-10-29)14(3)33-23-27-30-12-18(25-22(30)35-23)16-5-6-19(17(24)11-16)36(4,31)32/h5-9,11-14H,10H2,1-4H3/t14-/m0/s1. The predicted octanol–water partition coefficient (Wildman–Crippen LogP) is 4.23. The van der Waals surface area contributed by atoms with Gasteiger partial charge in [-0.1, -0.05) is 31.1 Å². The van der Waals surface area contributed by atoms with E-state index in [1.54, 1.807) is 10.7 Å². The summed E-state index contributed by atoms with van der Waals surface area (Å²) in [5.41, 5.74) is 1.91. The minimum Gasteiger partial charge on any atom is -0.461 e. The van der Waals surface area contributed by atoms with Gasteiger partial charge in [0.25, 0.3) is 5.19 Å². The highest BCUT2D eigenvalue weighted by Crippen LogP contribution is 2.29. The smallest absolute Gasteiger partial charge is 0.328 e. The van der Waals surface area contributed by atoms with Crippen LogP contribution in [0, 0.1) is 5.82 Å². The van der Waals surface area contributed by atoms with Crippen LogP contribution in [-0.4, -0.2) is 52.1 Å². The number of benzene rings is 1. The molecule has 0 amide bonds. The highest BCUT2D eigenvalue weighted by Gasteiger charge is 2.20. The second-order valence-electron chi connectivity index (χ2n) is 8.66. The van der Waals surface area contributed by atoms with Gasteiger partial charge in [-0.2, -0.15) is 4.98 Å². The molecule has 0 fully saturated rings. The maximum Gasteiger partial charge on any atom is 0.328 e. The molecule has 0 saturated carbocycles. The molecule has 10 nitrogen and oxygen atoms in total. The third kappa shape index (κ3) is 4.75. The van der Waals surface area contributed by atoms with Gasteiger partial charge in [0.2, 0.25) is 4.96 Å². The molecule has 1 atom stereocenters. The fourth-order valence-corrected chi connectivity index (χ4v) is 5.12. The molecule has 5 rings (SSSR count). The summed E-state index contributed by atoms with van der Waals surface area (Å²) in [5.74, 6) is 0.0368. The lowest BCUT2D eigenvalue weighted by Crippen LogP contribution is -2.23. The number of nitrogens with zero attached hydrogens (tertiary/aromatic N) is 6. The van der Waals surface area contributed by atoms with Crippen molar-refractivity contribution in [3.05, 3.63) is 60.0 Å². The molecule has 36 heavy (non-hydrogen) atoms. The van der Waals surface area contributed by atoms with Crippen LogP contribution in [0.15, 0.2) is 57.7 Å². The zero-order chi connectivity index (χ0) is 25.6. The van der Waals surface area contributed by atoms with Gasteiger partial charge in [0, 0.05) is 30.5 Å². The molecule has 4 aromatic rings. The third-order valence-electron chi connectivity index (χ3n) is 5.56. The van der Waals surface area contributed by atoms with Gasteiger partial charge in [-0.05, 0) is 42.0 Å². The maximum absolute atomic E-state index is 14.3. The SMILES string of the molecule is CC(C)c1noc(N2C=CC([C@H](C)Oc3nn4cc(-c5ccc(S(C)(=O)=O)c(F)c5)nc4s3)=CC2)n1. The summed E-state index contributed by atoms with van der Waals surface area (Å²) in [6.07, 6.45) is 8.18. The van der Waals surface area contributed by atoms with Crippen molar-refractivity contribution < 1.29 is 22.1 Å². The van der Waals surface area contributed by atoms with Crippen molar-refractivity contribution in [2.45, 2.75) is 37.7 Å². The van der Waals surface area contributed by atoms with Crippen molar-refractivity contribution in [3.8, 4) is 16.5 Å². The minimum atomic E-state index is -3.64. The maximum atomic E-state index is 14.3. The van der Waals surface area contributed by atoms with Crippen LogP contribution in [0.3, 0.4) is 0 Å². The molecular formula is C23H23FN6O4S2. The number of imidazole rings is 1. The summed E-state index contributed by atoms with van der Waals surface area (Å²) in [6, 6.07) is 4.37. The molecule has 0 bridgehead atoms. The predicted molar refractivity (Wildman–Crippen MR) is 132 cm³/mol. The molecule has 1 aromatic carbocycles. The highest BCUT2D eigenvalue weighted by molar-refractivity contribution is 7.90. The first-order valence-electron chi connectivity index (χ1n) is 11.1. The van der Waals surface area contributed by atoms with Crippen LogP contribution in [0.25, 0.3) is 16.2 Å². The number of anilines is 1. The van der Waals surface area contributed by atoms with Crippen molar-refractivity contribution in [2.24, 2.45) is 0 Å². The molecule has 1 aliphatic rings. The largest absolute Gasteiger partial charge is 0.461 e. The van der Waals surface area contributed by atoms with E-state index in [2.05, 4.69) is 20.2 Å². The Bertz CT molecular complexity index is 1570. The average Bonchev–Trinajstić information content (AvgIpc) is 3.53. The van der Waals surface area contributed by atoms with E-state index in [4.69, 9.17) is 9.26 Å². The van der Waals surface area contributed by atoms with Crippen LogP contribution < -0.4 is 9.64 Å². The first-order chi connectivity index (χ1) is 17.1. The molecule has 0 spiro atoms. The Morgan fingerprint density at radius 2 is 2.03 bits per heavy atom. The number of ether oxygens (including phenoxy) is 1. The van der Waals surface area contributed by atoms with E-state index in [1.807, 2.05) is 44.0 Å². The number of fused-ring (bicyclic) bond motifs is 1. The molecule has 0 unspecified atom stereocenters. The van der Waals surface area contributed by atoms with Crippen LogP contribution in [0.4, 0.5) is 10.4 Å². The van der Waals surface area contributed by atoms with Crippen molar-refractivity contribution in [1.82, 2.24) is 24.7 Å². The lowest BCUT2D eigenvalue weighted by atomic mass is 10.1. The quantitative estimate of drug-likeness (QED) is 0.346. The van der Waals surface area contributed by atoms with Crippen molar-refractivity contribution >= 4 is 32.1 Å². The molecule has 0 radical (unpaired) electrons. The van der Waals surface area contributed by atoms with Gasteiger partial charge in [0.05, 0.1) is 11.9 Å². The molecule has 0 N–H and O–H groups in total. The van der Waals surface area contributed by atoms with Gasteiger partial charge in [-0.3, -0.25) is 4.90 Å². The third-order valence-corrected chi connectivity index (χ3v) is 7.51. The second kappa shape index (κ2) is 9.13. The Balaban J connectivity index is 1.26. The molecule has 0 aliphatic carbocycles. The van der Waals surface area contributed by atoms with Crippen LogP contribution in [-0.2, 0) is 9.84 Å². The fourth-order valence-electron chi connectivity index (χ4n) is 3.58. The van der Waals surface area contributed by atoms with Gasteiger partial charge >= 0.3 is 6.01 Å². The van der Waals surface area contributed by atoms with Gasteiger partial charge in [-0.25, -0.2) is 22.3 Å². The van der Waals surface area contributed by atoms with E-state index < -0.39 is 15.7 Å². The highest BCUT2D eigenvalue weighted by atomic mass is 32.2. The van der Waals surface area contributed by atoms with Gasteiger partial charge in [0.1, 0.15) is 16.8 Å². The Kier molecular flexibility index (Phi) is 6.12. The summed E-state index contributed by atoms with van der Waals surface area (Å²) < 4.78 is 50.5. The molecule has 0 saturated heterocycles. The Labute approximate surface area is 210 Å². The number of rotatable bonds is 7. The zero-order valence-electron chi connectivity index (χ0n) is 19.9. The summed E-state index contributed by atoms with van der Waals surface area (Å²) in [5, 5.41) is 8.85. The second-order valence-corrected chi connectivity index (χ2v) is 11.6. The monoisotopic (exact) mass is 530 g/mol. The molecular weight excluding hydrogens is 507 g/mol. The molecule has 188 valence electrons. The Morgan fingerprint density at radius 3 is 2.64 bits per heavy atom. The van der Waals surface area contributed by atoms with E-state index in [0.29, 0.717) is 39.8 Å². The molecule has 13 heteroatoms. The molecule has 4 heterocycles.